The van der Waals surface area contributed by atoms with E-state index in [1.165, 1.54) is 5.57 Å². The molecule has 5 rings (SSSR count). The zero-order valence-corrected chi connectivity index (χ0v) is 13.9. The van der Waals surface area contributed by atoms with Gasteiger partial charge in [-0.05, 0) is 61.2 Å². The largest absolute Gasteiger partial charge is 0.365 e. The number of epoxide rings is 1. The summed E-state index contributed by atoms with van der Waals surface area (Å²) >= 11 is 0. The number of hydrogen-bond acceptors (Lipinski definition) is 3. The van der Waals surface area contributed by atoms with E-state index in [0.29, 0.717) is 23.5 Å². The number of fused-ring (bicyclic) bond motifs is 6. The number of Topliss-reactive ketones (excluding diaryl/α,β-unsaturated/α-hetero) is 1. The molecule has 0 amide bonds. The Bertz CT molecular complexity index is 683. The van der Waals surface area contributed by atoms with E-state index in [4.69, 9.17) is 4.74 Å². The molecule has 0 radical (unpaired) electrons. The van der Waals surface area contributed by atoms with Crippen LogP contribution in [0.25, 0.3) is 0 Å². The van der Waals surface area contributed by atoms with E-state index < -0.39 is 0 Å². The van der Waals surface area contributed by atoms with E-state index in [1.54, 1.807) is 6.08 Å². The summed E-state index contributed by atoms with van der Waals surface area (Å²) in [4.78, 5) is 24.4. The first-order chi connectivity index (χ1) is 10.9. The molecule has 0 N–H and O–H groups in total. The zero-order valence-electron chi connectivity index (χ0n) is 13.9. The first-order valence-electron chi connectivity index (χ1n) is 9.02. The van der Waals surface area contributed by atoms with Crippen LogP contribution < -0.4 is 0 Å². The molecular weight excluding hydrogens is 288 g/mol. The smallest absolute Gasteiger partial charge is 0.178 e. The van der Waals surface area contributed by atoms with E-state index in [2.05, 4.69) is 19.9 Å². The van der Waals surface area contributed by atoms with Gasteiger partial charge in [0, 0.05) is 17.3 Å². The number of hydrogen-bond donors (Lipinski definition) is 0. The number of allylic oxidation sites excluding steroid dienone is 3. The Morgan fingerprint density at radius 3 is 2.70 bits per heavy atom. The molecule has 122 valence electrons. The quantitative estimate of drug-likeness (QED) is 0.645. The second kappa shape index (κ2) is 4.05. The van der Waals surface area contributed by atoms with E-state index in [1.807, 2.05) is 6.08 Å². The van der Waals surface area contributed by atoms with Gasteiger partial charge in [-0.1, -0.05) is 19.9 Å². The summed E-state index contributed by atoms with van der Waals surface area (Å²) in [6, 6.07) is 0. The fourth-order valence-electron chi connectivity index (χ4n) is 6.58. The van der Waals surface area contributed by atoms with Crippen LogP contribution in [0.1, 0.15) is 46.0 Å². The molecule has 4 fully saturated rings. The minimum absolute atomic E-state index is 0.0692. The summed E-state index contributed by atoms with van der Waals surface area (Å²) in [6.45, 7) is 5.25. The monoisotopic (exact) mass is 312 g/mol. The van der Waals surface area contributed by atoms with Crippen LogP contribution in [-0.4, -0.2) is 23.8 Å². The topological polar surface area (TPSA) is 46.7 Å². The highest BCUT2D eigenvalue weighted by Crippen LogP contribution is 2.68. The van der Waals surface area contributed by atoms with Gasteiger partial charge in [0.15, 0.2) is 5.78 Å². The molecule has 6 atom stereocenters. The molecule has 0 aromatic rings. The molecule has 0 bridgehead atoms. The summed E-state index contributed by atoms with van der Waals surface area (Å²) in [7, 11) is 0. The first-order valence-corrected chi connectivity index (χ1v) is 9.02. The fourth-order valence-corrected chi connectivity index (χ4v) is 6.58. The highest BCUT2D eigenvalue weighted by Gasteiger charge is 2.67. The molecule has 0 aromatic carbocycles. The molecule has 4 aliphatic carbocycles. The Balaban J connectivity index is 1.61. The van der Waals surface area contributed by atoms with Crippen molar-refractivity contribution in [3.8, 4) is 0 Å². The Morgan fingerprint density at radius 2 is 1.96 bits per heavy atom. The average molecular weight is 312 g/mol. The van der Waals surface area contributed by atoms with Crippen molar-refractivity contribution >= 4 is 11.6 Å². The van der Waals surface area contributed by atoms with Gasteiger partial charge in [0.2, 0.25) is 0 Å². The minimum atomic E-state index is -0.208. The van der Waals surface area contributed by atoms with Crippen molar-refractivity contribution in [1.29, 1.82) is 0 Å². The standard InChI is InChI=1S/C20H24O3/c1-18-7-5-12(21)9-16(18)20(11-23-20)10-13-14-3-4-17(22)19(14,2)8-6-15(13)18/h5,7,9,13-15H,3-4,6,8,10-11H2,1-2H3/t13-,14-,15-,18+,19-,20-/m0/s1. The number of ketones is 2. The average Bonchev–Trinajstić information content (AvgIpc) is 3.21. The first kappa shape index (κ1) is 14.2. The van der Waals surface area contributed by atoms with E-state index in [0.717, 1.165) is 38.7 Å². The van der Waals surface area contributed by atoms with Crippen molar-refractivity contribution in [2.45, 2.75) is 51.6 Å². The Morgan fingerprint density at radius 1 is 1.17 bits per heavy atom. The lowest BCUT2D eigenvalue weighted by Crippen LogP contribution is -2.54. The maximum Gasteiger partial charge on any atom is 0.178 e. The Hall–Kier alpha value is -1.22. The molecule has 23 heavy (non-hydrogen) atoms. The van der Waals surface area contributed by atoms with Gasteiger partial charge in [0.25, 0.3) is 0 Å². The highest BCUT2D eigenvalue weighted by atomic mass is 16.6. The molecule has 1 saturated heterocycles. The van der Waals surface area contributed by atoms with E-state index in [-0.39, 0.29) is 22.2 Å². The molecule has 1 aliphatic heterocycles. The number of ether oxygens (including phenoxy) is 1. The molecule has 1 heterocycles. The Labute approximate surface area is 137 Å². The van der Waals surface area contributed by atoms with Crippen molar-refractivity contribution in [1.82, 2.24) is 0 Å². The van der Waals surface area contributed by atoms with Crippen LogP contribution in [0.2, 0.25) is 0 Å². The number of rotatable bonds is 0. The van der Waals surface area contributed by atoms with Gasteiger partial charge in [-0.3, -0.25) is 9.59 Å². The van der Waals surface area contributed by atoms with Crippen LogP contribution in [0.15, 0.2) is 23.8 Å². The highest BCUT2D eigenvalue weighted by molar-refractivity contribution is 6.01. The fraction of sp³-hybridized carbons (Fsp3) is 0.700. The molecule has 3 nitrogen and oxygen atoms in total. The molecular formula is C20H24O3. The molecule has 3 heteroatoms. The SMILES string of the molecule is C[C@]12C=CC(=O)C=C1[C@@]1(CO1)C[C@@H]1[C@@H]2CC[C@]2(C)C(=O)CC[C@@H]12. The van der Waals surface area contributed by atoms with Crippen LogP contribution in [-0.2, 0) is 14.3 Å². The van der Waals surface area contributed by atoms with Gasteiger partial charge in [0.05, 0.1) is 6.61 Å². The molecule has 0 aromatic heterocycles. The van der Waals surface area contributed by atoms with E-state index in [9.17, 15) is 9.59 Å². The lowest BCUT2D eigenvalue weighted by molar-refractivity contribution is -0.132. The third-order valence-corrected chi connectivity index (χ3v) is 7.93. The van der Waals surface area contributed by atoms with Gasteiger partial charge in [-0.2, -0.15) is 0 Å². The normalized spacial score (nSPS) is 53.7. The summed E-state index contributed by atoms with van der Waals surface area (Å²) in [5.74, 6) is 2.16. The summed E-state index contributed by atoms with van der Waals surface area (Å²) in [5.41, 5.74) is 0.829. The van der Waals surface area contributed by atoms with Crippen LogP contribution >= 0.6 is 0 Å². The van der Waals surface area contributed by atoms with Crippen LogP contribution in [0.5, 0.6) is 0 Å². The van der Waals surface area contributed by atoms with Gasteiger partial charge < -0.3 is 4.74 Å². The van der Waals surface area contributed by atoms with Gasteiger partial charge in [0.1, 0.15) is 11.4 Å². The molecule has 1 spiro atoms. The van der Waals surface area contributed by atoms with Gasteiger partial charge >= 0.3 is 0 Å². The van der Waals surface area contributed by atoms with E-state index >= 15 is 0 Å². The second-order valence-corrected chi connectivity index (χ2v) is 8.86. The van der Waals surface area contributed by atoms with Crippen molar-refractivity contribution in [3.63, 3.8) is 0 Å². The summed E-state index contributed by atoms with van der Waals surface area (Å²) < 4.78 is 5.94. The van der Waals surface area contributed by atoms with Crippen molar-refractivity contribution in [2.24, 2.45) is 28.6 Å². The van der Waals surface area contributed by atoms with Crippen molar-refractivity contribution in [2.75, 3.05) is 6.61 Å². The van der Waals surface area contributed by atoms with Gasteiger partial charge in [-0.25, -0.2) is 0 Å². The van der Waals surface area contributed by atoms with Crippen molar-refractivity contribution in [3.05, 3.63) is 23.8 Å². The lowest BCUT2D eigenvalue weighted by Gasteiger charge is -2.57. The molecule has 3 saturated carbocycles. The number of carbonyl (C=O) groups is 2. The molecule has 0 unspecified atom stereocenters. The van der Waals surface area contributed by atoms with Crippen LogP contribution in [0, 0.1) is 28.6 Å². The summed E-state index contributed by atoms with van der Waals surface area (Å²) in [5, 5.41) is 0. The maximum absolute atomic E-state index is 12.5. The third-order valence-electron chi connectivity index (χ3n) is 7.93. The predicted molar refractivity (Wildman–Crippen MR) is 85.7 cm³/mol. The Kier molecular flexibility index (Phi) is 2.49. The number of carbonyl (C=O) groups excluding carboxylic acids is 2. The summed E-state index contributed by atoms with van der Waals surface area (Å²) in [6.07, 6.45) is 10.6. The second-order valence-electron chi connectivity index (χ2n) is 8.86. The van der Waals surface area contributed by atoms with Gasteiger partial charge in [-0.15, -0.1) is 0 Å². The van der Waals surface area contributed by atoms with Crippen molar-refractivity contribution < 1.29 is 14.3 Å². The zero-order chi connectivity index (χ0) is 16.0. The minimum Gasteiger partial charge on any atom is -0.365 e. The molecule has 5 aliphatic rings. The lowest BCUT2D eigenvalue weighted by atomic mass is 9.46. The maximum atomic E-state index is 12.5. The predicted octanol–water partition coefficient (Wildman–Crippen LogP) is 3.24. The van der Waals surface area contributed by atoms with Crippen LogP contribution in [0.3, 0.4) is 0 Å². The van der Waals surface area contributed by atoms with Crippen LogP contribution in [0.4, 0.5) is 0 Å². The third kappa shape index (κ3) is 1.60.